The first-order valence-corrected chi connectivity index (χ1v) is 13.6. The zero-order chi connectivity index (χ0) is 27.7. The summed E-state index contributed by atoms with van der Waals surface area (Å²) in [6.07, 6.45) is 0. The maximum atomic E-state index is 13.8. The van der Waals surface area contributed by atoms with Crippen LogP contribution in [0.2, 0.25) is 0 Å². The monoisotopic (exact) mass is 539 g/mol. The van der Waals surface area contributed by atoms with Crippen LogP contribution < -0.4 is 19.1 Å². The highest BCUT2D eigenvalue weighted by atomic mass is 32.2. The van der Waals surface area contributed by atoms with E-state index >= 15 is 0 Å². The Bertz CT molecular complexity index is 1350. The Morgan fingerprint density at radius 3 is 2.16 bits per heavy atom. The summed E-state index contributed by atoms with van der Waals surface area (Å²) in [4.78, 5) is 28.0. The smallest absolute Gasteiger partial charge is 0.264 e. The number of carbonyl (C=O) groups is 2. The first kappa shape index (κ1) is 28.5. The normalized spacial score (nSPS) is 11.8. The number of nitrogens with one attached hydrogen (secondary N) is 1. The number of rotatable bonds is 12. The number of anilines is 1. The Labute approximate surface area is 224 Å². The van der Waals surface area contributed by atoms with Crippen molar-refractivity contribution in [3.8, 4) is 11.5 Å². The molecule has 1 N–H and O–H groups in total. The lowest BCUT2D eigenvalue weighted by molar-refractivity contribution is -0.139. The summed E-state index contributed by atoms with van der Waals surface area (Å²) in [6, 6.07) is 20.6. The van der Waals surface area contributed by atoms with Gasteiger partial charge in [0.05, 0.1) is 24.8 Å². The van der Waals surface area contributed by atoms with Gasteiger partial charge in [0, 0.05) is 19.2 Å². The minimum Gasteiger partial charge on any atom is -0.497 e. The molecule has 3 rings (SSSR count). The molecule has 3 aromatic carbocycles. The van der Waals surface area contributed by atoms with E-state index in [1.165, 1.54) is 24.1 Å². The average molecular weight is 540 g/mol. The van der Waals surface area contributed by atoms with Gasteiger partial charge in [-0.3, -0.25) is 13.9 Å². The van der Waals surface area contributed by atoms with Gasteiger partial charge < -0.3 is 19.7 Å². The van der Waals surface area contributed by atoms with Crippen LogP contribution in [-0.4, -0.2) is 58.5 Å². The van der Waals surface area contributed by atoms with Crippen LogP contribution in [0.15, 0.2) is 83.8 Å². The fraction of sp³-hybridized carbons (Fsp3) is 0.286. The maximum absolute atomic E-state index is 13.8. The number of likely N-dealkylation sites (N-methyl/N-ethyl adjacent to an activating group) is 1. The topological polar surface area (TPSA) is 105 Å². The predicted molar refractivity (Wildman–Crippen MR) is 146 cm³/mol. The zero-order valence-corrected chi connectivity index (χ0v) is 22.8. The van der Waals surface area contributed by atoms with Gasteiger partial charge in [0.2, 0.25) is 11.8 Å². The van der Waals surface area contributed by atoms with Crippen LogP contribution in [0.1, 0.15) is 19.4 Å². The lowest BCUT2D eigenvalue weighted by Gasteiger charge is -2.32. The van der Waals surface area contributed by atoms with Gasteiger partial charge in [-0.25, -0.2) is 8.42 Å². The van der Waals surface area contributed by atoms with Crippen molar-refractivity contribution in [2.24, 2.45) is 0 Å². The van der Waals surface area contributed by atoms with Gasteiger partial charge in [-0.05, 0) is 55.8 Å². The third-order valence-electron chi connectivity index (χ3n) is 5.96. The minimum absolute atomic E-state index is 0.0340. The van der Waals surface area contributed by atoms with Gasteiger partial charge in [0.25, 0.3) is 10.0 Å². The summed E-state index contributed by atoms with van der Waals surface area (Å²) in [7, 11) is -1.12. The highest BCUT2D eigenvalue weighted by Gasteiger charge is 2.32. The van der Waals surface area contributed by atoms with Gasteiger partial charge in [0.15, 0.2) is 0 Å². The molecule has 0 radical (unpaired) electrons. The second-order valence-electron chi connectivity index (χ2n) is 8.47. The number of benzene rings is 3. The van der Waals surface area contributed by atoms with Crippen LogP contribution >= 0.6 is 0 Å². The van der Waals surface area contributed by atoms with E-state index in [2.05, 4.69) is 5.32 Å². The largest absolute Gasteiger partial charge is 0.497 e. The van der Waals surface area contributed by atoms with Crippen LogP contribution in [0.3, 0.4) is 0 Å². The van der Waals surface area contributed by atoms with Crippen molar-refractivity contribution in [3.05, 3.63) is 84.4 Å². The van der Waals surface area contributed by atoms with E-state index in [4.69, 9.17) is 9.47 Å². The van der Waals surface area contributed by atoms with Gasteiger partial charge in [-0.15, -0.1) is 0 Å². The zero-order valence-electron chi connectivity index (χ0n) is 22.0. The molecule has 0 aromatic heterocycles. The Hall–Kier alpha value is -4.05. The molecule has 0 spiro atoms. The number of carbonyl (C=O) groups excluding carboxylic acids is 2. The number of sulfonamides is 1. The number of methoxy groups -OCH3 is 2. The SMILES string of the molecule is CCNC(=O)[C@H](C)N(Cc1cccc(OC)c1)C(=O)CN(c1cccc(OC)c1)S(=O)(=O)c1ccccc1. The molecule has 0 aliphatic rings. The molecule has 0 aliphatic heterocycles. The number of hydrogen-bond donors (Lipinski definition) is 1. The Kier molecular flexibility index (Phi) is 9.72. The maximum Gasteiger partial charge on any atom is 0.264 e. The molecule has 0 aliphatic carbocycles. The van der Waals surface area contributed by atoms with E-state index < -0.39 is 28.5 Å². The molecule has 2 amide bonds. The molecule has 9 nitrogen and oxygen atoms in total. The van der Waals surface area contributed by atoms with E-state index in [9.17, 15) is 18.0 Å². The second kappa shape index (κ2) is 13.0. The van der Waals surface area contributed by atoms with Crippen molar-refractivity contribution in [1.29, 1.82) is 0 Å². The summed E-state index contributed by atoms with van der Waals surface area (Å²) in [6.45, 7) is 3.34. The summed E-state index contributed by atoms with van der Waals surface area (Å²) in [5.74, 6) is 0.147. The van der Waals surface area contributed by atoms with Crippen LogP contribution in [0.4, 0.5) is 5.69 Å². The summed E-state index contributed by atoms with van der Waals surface area (Å²) in [5.41, 5.74) is 0.987. The summed E-state index contributed by atoms with van der Waals surface area (Å²) in [5, 5.41) is 2.74. The van der Waals surface area contributed by atoms with Crippen molar-refractivity contribution >= 4 is 27.5 Å². The molecule has 1 atom stereocenters. The third kappa shape index (κ3) is 6.83. The average Bonchev–Trinajstić information content (AvgIpc) is 2.94. The van der Waals surface area contributed by atoms with E-state index in [0.717, 1.165) is 9.87 Å². The van der Waals surface area contributed by atoms with Gasteiger partial charge >= 0.3 is 0 Å². The van der Waals surface area contributed by atoms with Crippen molar-refractivity contribution in [2.75, 3.05) is 31.6 Å². The second-order valence-corrected chi connectivity index (χ2v) is 10.3. The predicted octanol–water partition coefficient (Wildman–Crippen LogP) is 3.45. The molecule has 0 unspecified atom stereocenters. The first-order valence-electron chi connectivity index (χ1n) is 12.1. The lowest BCUT2D eigenvalue weighted by atomic mass is 10.1. The van der Waals surface area contributed by atoms with Crippen molar-refractivity contribution in [1.82, 2.24) is 10.2 Å². The number of nitrogens with zero attached hydrogens (tertiary/aromatic N) is 2. The Morgan fingerprint density at radius 2 is 1.53 bits per heavy atom. The Morgan fingerprint density at radius 1 is 0.895 bits per heavy atom. The standard InChI is InChI=1S/C28H33N3O6S/c1-5-29-28(33)21(2)30(19-22-11-9-13-24(17-22)36-3)27(32)20-31(23-12-10-14-25(18-23)37-4)38(34,35)26-15-7-6-8-16-26/h6-18,21H,5,19-20H2,1-4H3,(H,29,33)/t21-/m0/s1. The van der Waals surface area contributed by atoms with Gasteiger partial charge in [0.1, 0.15) is 24.1 Å². The molecule has 0 heterocycles. The highest BCUT2D eigenvalue weighted by Crippen LogP contribution is 2.27. The summed E-state index contributed by atoms with van der Waals surface area (Å²) >= 11 is 0. The van der Waals surface area contributed by atoms with Crippen molar-refractivity contribution in [2.45, 2.75) is 31.3 Å². The quantitative estimate of drug-likeness (QED) is 0.378. The fourth-order valence-electron chi connectivity index (χ4n) is 3.89. The van der Waals surface area contributed by atoms with Gasteiger partial charge in [-0.2, -0.15) is 0 Å². The van der Waals surface area contributed by atoms with E-state index in [-0.39, 0.29) is 23.0 Å². The molecule has 0 bridgehead atoms. The molecule has 10 heteroatoms. The molecule has 3 aromatic rings. The molecule has 0 saturated carbocycles. The van der Waals surface area contributed by atoms with Crippen LogP contribution in [-0.2, 0) is 26.2 Å². The minimum atomic E-state index is -4.14. The highest BCUT2D eigenvalue weighted by molar-refractivity contribution is 7.92. The molecular formula is C28H33N3O6S. The van der Waals surface area contributed by atoms with E-state index in [0.29, 0.717) is 18.0 Å². The van der Waals surface area contributed by atoms with Crippen LogP contribution in [0.25, 0.3) is 0 Å². The molecular weight excluding hydrogens is 506 g/mol. The third-order valence-corrected chi connectivity index (χ3v) is 7.74. The van der Waals surface area contributed by atoms with E-state index in [1.807, 2.05) is 6.07 Å². The Balaban J connectivity index is 2.04. The van der Waals surface area contributed by atoms with Gasteiger partial charge in [-0.1, -0.05) is 36.4 Å². The number of amides is 2. The lowest BCUT2D eigenvalue weighted by Crippen LogP contribution is -2.51. The molecule has 38 heavy (non-hydrogen) atoms. The van der Waals surface area contributed by atoms with E-state index in [1.54, 1.807) is 81.6 Å². The van der Waals surface area contributed by atoms with Crippen molar-refractivity contribution < 1.29 is 27.5 Å². The number of ether oxygens (including phenoxy) is 2. The summed E-state index contributed by atoms with van der Waals surface area (Å²) < 4.78 is 39.1. The molecule has 202 valence electrons. The van der Waals surface area contributed by atoms with Crippen LogP contribution in [0, 0.1) is 0 Å². The van der Waals surface area contributed by atoms with Crippen LogP contribution in [0.5, 0.6) is 11.5 Å². The van der Waals surface area contributed by atoms with Crippen molar-refractivity contribution in [3.63, 3.8) is 0 Å². The molecule has 0 fully saturated rings. The first-order chi connectivity index (χ1) is 18.2. The fourth-order valence-corrected chi connectivity index (χ4v) is 5.31. The number of hydrogen-bond acceptors (Lipinski definition) is 6. The molecule has 0 saturated heterocycles.